The van der Waals surface area contributed by atoms with Crippen LogP contribution in [-0.4, -0.2) is 35.2 Å². The summed E-state index contributed by atoms with van der Waals surface area (Å²) in [6.07, 6.45) is 11.8. The van der Waals surface area contributed by atoms with Crippen molar-refractivity contribution in [2.75, 3.05) is 13.2 Å². The van der Waals surface area contributed by atoms with Crippen LogP contribution < -0.4 is 0 Å². The first kappa shape index (κ1) is 27.8. The van der Waals surface area contributed by atoms with Crippen molar-refractivity contribution in [3.8, 4) is 11.1 Å². The molecule has 0 bridgehead atoms. The minimum absolute atomic E-state index is 0.00627. The zero-order valence-corrected chi connectivity index (χ0v) is 23.7. The van der Waals surface area contributed by atoms with E-state index >= 15 is 4.39 Å². The molecule has 0 aromatic heterocycles. The molecule has 2 aromatic rings. The van der Waals surface area contributed by atoms with Crippen molar-refractivity contribution in [3.63, 3.8) is 0 Å². The van der Waals surface area contributed by atoms with Crippen LogP contribution in [0, 0.1) is 5.82 Å². The Labute approximate surface area is 224 Å². The molecule has 2 nitrogen and oxygen atoms in total. The van der Waals surface area contributed by atoms with Gasteiger partial charge in [0.1, 0.15) is 5.82 Å². The zero-order chi connectivity index (χ0) is 26.6. The number of allylic oxidation sites excluding steroid dienone is 1. The van der Waals surface area contributed by atoms with Crippen LogP contribution in [0.2, 0.25) is 0 Å². The van der Waals surface area contributed by atoms with Crippen molar-refractivity contribution in [1.29, 1.82) is 0 Å². The van der Waals surface area contributed by atoms with E-state index in [0.717, 1.165) is 74.8 Å². The maximum Gasteiger partial charge on any atom is 0.127 e. The van der Waals surface area contributed by atoms with Crippen molar-refractivity contribution < 1.29 is 9.13 Å². The smallest absolute Gasteiger partial charge is 0.127 e. The highest BCUT2D eigenvalue weighted by Crippen LogP contribution is 2.46. The van der Waals surface area contributed by atoms with E-state index in [0.29, 0.717) is 6.10 Å². The van der Waals surface area contributed by atoms with Gasteiger partial charge in [0.05, 0.1) is 6.10 Å². The van der Waals surface area contributed by atoms with Gasteiger partial charge in [-0.25, -0.2) is 4.39 Å². The second-order valence-corrected chi connectivity index (χ2v) is 12.3. The molecule has 200 valence electrons. The standard InChI is InChI=1S/C34H46FNO/c1-7-9-20-36-33(3,4)23-29(24-34(36,5)6)31-19-16-28(22-32(31)35)27-12-10-25(11-13-27)26-14-17-30(18-15-26)37-21-8-2/h7,10-14,16,19,22,29-30H,1,8-9,15,17-18,20-21,23-24H2,2-6H3. The van der Waals surface area contributed by atoms with E-state index < -0.39 is 0 Å². The molecule has 1 aliphatic carbocycles. The molecule has 1 saturated heterocycles. The molecule has 2 aliphatic rings. The van der Waals surface area contributed by atoms with Crippen LogP contribution in [0.15, 0.2) is 61.2 Å². The van der Waals surface area contributed by atoms with Gasteiger partial charge in [0.2, 0.25) is 0 Å². The lowest BCUT2D eigenvalue weighted by Gasteiger charge is -2.55. The number of halogens is 1. The normalized spacial score (nSPS) is 22.0. The Morgan fingerprint density at radius 2 is 1.65 bits per heavy atom. The van der Waals surface area contributed by atoms with Crippen LogP contribution in [-0.2, 0) is 4.74 Å². The second kappa shape index (κ2) is 11.7. The maximum atomic E-state index is 15.6. The zero-order valence-electron chi connectivity index (χ0n) is 23.7. The molecule has 4 rings (SSSR count). The van der Waals surface area contributed by atoms with Crippen molar-refractivity contribution in [2.24, 2.45) is 0 Å². The maximum absolute atomic E-state index is 15.6. The highest BCUT2D eigenvalue weighted by molar-refractivity contribution is 5.71. The van der Waals surface area contributed by atoms with Gasteiger partial charge in [-0.2, -0.15) is 0 Å². The molecule has 0 saturated carbocycles. The van der Waals surface area contributed by atoms with E-state index in [9.17, 15) is 0 Å². The Kier molecular flexibility index (Phi) is 8.76. The van der Waals surface area contributed by atoms with E-state index in [-0.39, 0.29) is 22.8 Å². The molecule has 1 atom stereocenters. The number of rotatable bonds is 9. The van der Waals surface area contributed by atoms with Gasteiger partial charge in [-0.15, -0.1) is 6.58 Å². The van der Waals surface area contributed by atoms with Crippen molar-refractivity contribution in [1.82, 2.24) is 4.90 Å². The average Bonchev–Trinajstić information content (AvgIpc) is 2.86. The van der Waals surface area contributed by atoms with Crippen molar-refractivity contribution in [2.45, 2.75) is 103 Å². The summed E-state index contributed by atoms with van der Waals surface area (Å²) >= 11 is 0. The fourth-order valence-electron chi connectivity index (χ4n) is 6.79. The van der Waals surface area contributed by atoms with E-state index in [1.165, 1.54) is 11.1 Å². The number of likely N-dealkylation sites (tertiary alicyclic amines) is 1. The topological polar surface area (TPSA) is 12.5 Å². The largest absolute Gasteiger partial charge is 0.378 e. The first-order valence-corrected chi connectivity index (χ1v) is 14.2. The number of ether oxygens (including phenoxy) is 1. The lowest BCUT2D eigenvalue weighted by molar-refractivity contribution is -0.0350. The molecular formula is C34H46FNO. The van der Waals surface area contributed by atoms with E-state index in [1.54, 1.807) is 6.07 Å². The lowest BCUT2D eigenvalue weighted by atomic mass is 9.71. The van der Waals surface area contributed by atoms with Gasteiger partial charge in [0.15, 0.2) is 0 Å². The molecule has 0 N–H and O–H groups in total. The first-order valence-electron chi connectivity index (χ1n) is 14.2. The molecule has 1 unspecified atom stereocenters. The summed E-state index contributed by atoms with van der Waals surface area (Å²) in [6, 6.07) is 14.5. The van der Waals surface area contributed by atoms with Gasteiger partial charge in [-0.05, 0) is 112 Å². The van der Waals surface area contributed by atoms with Gasteiger partial charge in [-0.1, -0.05) is 55.5 Å². The molecule has 1 heterocycles. The van der Waals surface area contributed by atoms with Crippen LogP contribution in [0.25, 0.3) is 16.7 Å². The number of hydrogen-bond donors (Lipinski definition) is 0. The lowest BCUT2D eigenvalue weighted by Crippen LogP contribution is -2.60. The van der Waals surface area contributed by atoms with Crippen LogP contribution >= 0.6 is 0 Å². The summed E-state index contributed by atoms with van der Waals surface area (Å²) in [5, 5.41) is 0. The number of benzene rings is 2. The highest BCUT2D eigenvalue weighted by atomic mass is 19.1. The molecule has 37 heavy (non-hydrogen) atoms. The summed E-state index contributed by atoms with van der Waals surface area (Å²) in [4.78, 5) is 2.59. The van der Waals surface area contributed by atoms with E-state index in [2.05, 4.69) is 82.5 Å². The fourth-order valence-corrected chi connectivity index (χ4v) is 6.79. The molecular weight excluding hydrogens is 457 g/mol. The van der Waals surface area contributed by atoms with Crippen molar-refractivity contribution >= 4 is 5.57 Å². The summed E-state index contributed by atoms with van der Waals surface area (Å²) in [5.41, 5.74) is 5.54. The Balaban J connectivity index is 1.47. The highest BCUT2D eigenvalue weighted by Gasteiger charge is 2.45. The van der Waals surface area contributed by atoms with Gasteiger partial charge >= 0.3 is 0 Å². The van der Waals surface area contributed by atoms with E-state index in [4.69, 9.17) is 4.74 Å². The fraction of sp³-hybridized carbons (Fsp3) is 0.529. The third-order valence-corrected chi connectivity index (χ3v) is 8.46. The minimum Gasteiger partial charge on any atom is -0.378 e. The summed E-state index contributed by atoms with van der Waals surface area (Å²) in [5.74, 6) is 0.135. The van der Waals surface area contributed by atoms with Crippen LogP contribution in [0.5, 0.6) is 0 Å². The van der Waals surface area contributed by atoms with Gasteiger partial charge in [-0.3, -0.25) is 4.90 Å². The predicted molar refractivity (Wildman–Crippen MR) is 155 cm³/mol. The molecule has 0 radical (unpaired) electrons. The molecule has 0 amide bonds. The van der Waals surface area contributed by atoms with Gasteiger partial charge < -0.3 is 4.74 Å². The average molecular weight is 504 g/mol. The molecule has 1 fully saturated rings. The summed E-state index contributed by atoms with van der Waals surface area (Å²) < 4.78 is 21.5. The Morgan fingerprint density at radius 1 is 1.00 bits per heavy atom. The monoisotopic (exact) mass is 503 g/mol. The molecule has 1 aliphatic heterocycles. The Morgan fingerprint density at radius 3 is 2.22 bits per heavy atom. The SMILES string of the molecule is C=CCCN1C(C)(C)CC(c2ccc(-c3ccc(C4=CCC(OCCC)CC4)cc3)cc2F)CC1(C)C. The minimum atomic E-state index is -0.0779. The van der Waals surface area contributed by atoms with Crippen molar-refractivity contribution in [3.05, 3.63) is 78.1 Å². The quantitative estimate of drug-likeness (QED) is 0.316. The second-order valence-electron chi connectivity index (χ2n) is 12.3. The van der Waals surface area contributed by atoms with Gasteiger partial charge in [0.25, 0.3) is 0 Å². The first-order chi connectivity index (χ1) is 17.6. The Bertz CT molecular complexity index is 1080. The van der Waals surface area contributed by atoms with Gasteiger partial charge in [0, 0.05) is 24.2 Å². The Hall–Kier alpha value is -2.23. The number of hydrogen-bond acceptors (Lipinski definition) is 2. The molecule has 3 heteroatoms. The van der Waals surface area contributed by atoms with Crippen LogP contribution in [0.3, 0.4) is 0 Å². The third kappa shape index (κ3) is 6.44. The van der Waals surface area contributed by atoms with Crippen LogP contribution in [0.1, 0.15) is 96.6 Å². The predicted octanol–water partition coefficient (Wildman–Crippen LogP) is 9.17. The number of nitrogens with zero attached hydrogens (tertiary/aromatic N) is 1. The third-order valence-electron chi connectivity index (χ3n) is 8.46. The molecule has 0 spiro atoms. The summed E-state index contributed by atoms with van der Waals surface area (Å²) in [7, 11) is 0. The number of piperidine rings is 1. The van der Waals surface area contributed by atoms with E-state index in [1.807, 2.05) is 12.1 Å². The van der Waals surface area contributed by atoms with Crippen LogP contribution in [0.4, 0.5) is 4.39 Å². The summed E-state index contributed by atoms with van der Waals surface area (Å²) in [6.45, 7) is 17.1. The molecule has 2 aromatic carbocycles.